The Kier molecular flexibility index (Phi) is 6.25. The number of unbranched alkanes of at least 4 members (excludes halogenated alkanes) is 2. The maximum absolute atomic E-state index is 11.8. The van der Waals surface area contributed by atoms with E-state index in [2.05, 4.69) is 5.32 Å². The van der Waals surface area contributed by atoms with E-state index in [9.17, 15) is 19.2 Å². The first-order chi connectivity index (χ1) is 10.8. The van der Waals surface area contributed by atoms with Gasteiger partial charge in [0.1, 0.15) is 0 Å². The van der Waals surface area contributed by atoms with Gasteiger partial charge < -0.3 is 20.6 Å². The van der Waals surface area contributed by atoms with Crippen LogP contribution in [0.25, 0.3) is 0 Å². The minimum atomic E-state index is -1.53. The average Bonchev–Trinajstić information content (AvgIpc) is 2.46. The van der Waals surface area contributed by atoms with Crippen LogP contribution in [0.3, 0.4) is 0 Å². The first-order valence-electron chi connectivity index (χ1n) is 6.95. The number of amides is 1. The van der Waals surface area contributed by atoms with Gasteiger partial charge in [0.15, 0.2) is 0 Å². The van der Waals surface area contributed by atoms with Crippen molar-refractivity contribution in [2.24, 2.45) is 0 Å². The molecule has 0 aliphatic rings. The first kappa shape index (κ1) is 18.1. The Morgan fingerprint density at radius 1 is 0.913 bits per heavy atom. The second-order valence-electron chi connectivity index (χ2n) is 4.87. The Morgan fingerprint density at radius 3 is 1.83 bits per heavy atom. The minimum absolute atomic E-state index is 0.118. The van der Waals surface area contributed by atoms with E-state index in [0.29, 0.717) is 6.42 Å². The molecule has 0 atom stereocenters. The van der Waals surface area contributed by atoms with E-state index in [0.717, 1.165) is 25.0 Å². The van der Waals surface area contributed by atoms with Crippen LogP contribution in [0, 0.1) is 0 Å². The van der Waals surface area contributed by atoms with Gasteiger partial charge in [-0.05, 0) is 18.6 Å². The van der Waals surface area contributed by atoms with Crippen molar-refractivity contribution in [3.8, 4) is 0 Å². The number of carbonyl (C=O) groups is 4. The van der Waals surface area contributed by atoms with E-state index in [1.807, 2.05) is 6.92 Å². The fourth-order valence-electron chi connectivity index (χ4n) is 1.98. The van der Waals surface area contributed by atoms with Gasteiger partial charge in [-0.3, -0.25) is 4.79 Å². The number of anilines is 1. The number of carboxylic acid groups (broad SMARTS) is 3. The van der Waals surface area contributed by atoms with Crippen LogP contribution in [0.15, 0.2) is 12.1 Å². The van der Waals surface area contributed by atoms with Crippen LogP contribution in [0.2, 0.25) is 0 Å². The molecule has 0 saturated carbocycles. The molecule has 0 bridgehead atoms. The molecular weight excluding hydrogens is 306 g/mol. The molecule has 1 aromatic rings. The van der Waals surface area contributed by atoms with Crippen LogP contribution >= 0.6 is 0 Å². The summed E-state index contributed by atoms with van der Waals surface area (Å²) in [6.45, 7) is 1.95. The molecule has 0 spiro atoms. The average molecular weight is 323 g/mol. The number of benzene rings is 1. The van der Waals surface area contributed by atoms with Gasteiger partial charge in [0.25, 0.3) is 0 Å². The molecule has 23 heavy (non-hydrogen) atoms. The fraction of sp³-hybridized carbons (Fsp3) is 0.333. The third-order valence-corrected chi connectivity index (χ3v) is 3.12. The molecule has 0 aromatic heterocycles. The summed E-state index contributed by atoms with van der Waals surface area (Å²) in [6, 6.07) is 1.64. The normalized spacial score (nSPS) is 10.1. The zero-order valence-electron chi connectivity index (χ0n) is 12.5. The number of carboxylic acids is 3. The summed E-state index contributed by atoms with van der Waals surface area (Å²) in [5.74, 6) is -5.04. The van der Waals surface area contributed by atoms with Crippen LogP contribution in [0.5, 0.6) is 0 Å². The van der Waals surface area contributed by atoms with Crippen molar-refractivity contribution in [2.45, 2.75) is 32.6 Å². The lowest BCUT2D eigenvalue weighted by Crippen LogP contribution is -2.19. The lowest BCUT2D eigenvalue weighted by Gasteiger charge is -2.13. The highest BCUT2D eigenvalue weighted by molar-refractivity contribution is 6.10. The van der Waals surface area contributed by atoms with Crippen molar-refractivity contribution in [1.82, 2.24) is 0 Å². The molecule has 0 unspecified atom stereocenters. The molecule has 4 N–H and O–H groups in total. The van der Waals surface area contributed by atoms with Gasteiger partial charge in [0.05, 0.1) is 22.4 Å². The fourth-order valence-corrected chi connectivity index (χ4v) is 1.98. The summed E-state index contributed by atoms with van der Waals surface area (Å²) in [5, 5.41) is 29.5. The van der Waals surface area contributed by atoms with E-state index >= 15 is 0 Å². The lowest BCUT2D eigenvalue weighted by atomic mass is 10.0. The molecule has 1 amide bonds. The van der Waals surface area contributed by atoms with Gasteiger partial charge in [-0.15, -0.1) is 0 Å². The predicted octanol–water partition coefficient (Wildman–Crippen LogP) is 2.30. The van der Waals surface area contributed by atoms with Crippen molar-refractivity contribution >= 4 is 29.5 Å². The van der Waals surface area contributed by atoms with Crippen molar-refractivity contribution in [1.29, 1.82) is 0 Å². The third kappa shape index (κ3) is 4.80. The summed E-state index contributed by atoms with van der Waals surface area (Å²) in [6.07, 6.45) is 2.40. The van der Waals surface area contributed by atoms with E-state index in [4.69, 9.17) is 15.3 Å². The third-order valence-electron chi connectivity index (χ3n) is 3.12. The van der Waals surface area contributed by atoms with Crippen LogP contribution in [-0.2, 0) is 4.79 Å². The second-order valence-corrected chi connectivity index (χ2v) is 4.87. The van der Waals surface area contributed by atoms with Crippen LogP contribution < -0.4 is 5.32 Å². The van der Waals surface area contributed by atoms with Crippen molar-refractivity contribution < 1.29 is 34.5 Å². The number of hydrogen-bond acceptors (Lipinski definition) is 4. The summed E-state index contributed by atoms with van der Waals surface area (Å²) in [7, 11) is 0. The molecule has 1 aromatic carbocycles. The van der Waals surface area contributed by atoms with E-state index < -0.39 is 46.2 Å². The second kappa shape index (κ2) is 7.92. The van der Waals surface area contributed by atoms with Crippen LogP contribution in [0.1, 0.15) is 63.7 Å². The molecule has 8 heteroatoms. The quantitative estimate of drug-likeness (QED) is 0.538. The predicted molar refractivity (Wildman–Crippen MR) is 80.1 cm³/mol. The summed E-state index contributed by atoms with van der Waals surface area (Å²) < 4.78 is 0. The Balaban J connectivity index is 3.27. The number of aromatic carboxylic acids is 3. The van der Waals surface area contributed by atoms with Gasteiger partial charge in [-0.2, -0.15) is 0 Å². The molecule has 0 aliphatic carbocycles. The molecule has 0 heterocycles. The van der Waals surface area contributed by atoms with Crippen molar-refractivity contribution in [2.75, 3.05) is 5.32 Å². The highest BCUT2D eigenvalue weighted by Gasteiger charge is 2.23. The lowest BCUT2D eigenvalue weighted by molar-refractivity contribution is -0.116. The summed E-state index contributed by atoms with van der Waals surface area (Å²) >= 11 is 0. The van der Waals surface area contributed by atoms with Gasteiger partial charge in [0, 0.05) is 6.42 Å². The molecule has 124 valence electrons. The number of nitrogens with one attached hydrogen (secondary N) is 1. The monoisotopic (exact) mass is 323 g/mol. The minimum Gasteiger partial charge on any atom is -0.478 e. The molecule has 1 rings (SSSR count). The topological polar surface area (TPSA) is 141 Å². The van der Waals surface area contributed by atoms with E-state index in [1.54, 1.807) is 0 Å². The maximum Gasteiger partial charge on any atom is 0.337 e. The number of carbonyl (C=O) groups excluding carboxylic acids is 1. The molecule has 0 fully saturated rings. The van der Waals surface area contributed by atoms with Gasteiger partial charge in [0.2, 0.25) is 5.91 Å². The summed E-state index contributed by atoms with van der Waals surface area (Å²) in [5.41, 5.74) is -2.04. The van der Waals surface area contributed by atoms with Gasteiger partial charge in [-0.1, -0.05) is 19.8 Å². The zero-order chi connectivity index (χ0) is 17.6. The zero-order valence-corrected chi connectivity index (χ0v) is 12.5. The smallest absolute Gasteiger partial charge is 0.337 e. The molecule has 8 nitrogen and oxygen atoms in total. The standard InChI is InChI=1S/C15H17NO7/c1-2-3-4-5-11(17)16-12-9(14(20)21)6-8(13(18)19)7-10(12)15(22)23/h6-7H,2-5H2,1H3,(H,16,17)(H,18,19)(H,20,21)(H,22,23). The Hall–Kier alpha value is -2.90. The number of rotatable bonds is 8. The highest BCUT2D eigenvalue weighted by atomic mass is 16.4. The van der Waals surface area contributed by atoms with Crippen molar-refractivity contribution in [3.63, 3.8) is 0 Å². The Morgan fingerprint density at radius 2 is 1.43 bits per heavy atom. The van der Waals surface area contributed by atoms with Gasteiger partial charge in [-0.25, -0.2) is 14.4 Å². The van der Waals surface area contributed by atoms with Crippen molar-refractivity contribution in [3.05, 3.63) is 28.8 Å². The Bertz CT molecular complexity index is 616. The Labute approximate surface area is 131 Å². The van der Waals surface area contributed by atoms with Crippen LogP contribution in [-0.4, -0.2) is 39.1 Å². The molecule has 0 saturated heterocycles. The number of hydrogen-bond donors (Lipinski definition) is 4. The SMILES string of the molecule is CCCCCC(=O)Nc1c(C(=O)O)cc(C(=O)O)cc1C(=O)O. The maximum atomic E-state index is 11.8. The van der Waals surface area contributed by atoms with Crippen LogP contribution in [0.4, 0.5) is 5.69 Å². The van der Waals surface area contributed by atoms with Gasteiger partial charge >= 0.3 is 17.9 Å². The molecule has 0 radical (unpaired) electrons. The summed E-state index contributed by atoms with van der Waals surface area (Å²) in [4.78, 5) is 45.4. The van der Waals surface area contributed by atoms with E-state index in [1.165, 1.54) is 0 Å². The first-order valence-corrected chi connectivity index (χ1v) is 6.95. The highest BCUT2D eigenvalue weighted by Crippen LogP contribution is 2.25. The molecule has 0 aliphatic heterocycles. The molecular formula is C15H17NO7. The largest absolute Gasteiger partial charge is 0.478 e. The van der Waals surface area contributed by atoms with E-state index in [-0.39, 0.29) is 6.42 Å².